The fourth-order valence-corrected chi connectivity index (χ4v) is 1.34. The number of rotatable bonds is 1. The molecule has 1 aromatic rings. The number of aryl methyl sites for hydroxylation is 1. The van der Waals surface area contributed by atoms with Crippen LogP contribution in [0.1, 0.15) is 20.1 Å². The van der Waals surface area contributed by atoms with Crippen LogP contribution in [0.5, 0.6) is 0 Å². The number of hydrogen-bond acceptors (Lipinski definition) is 3. The fourth-order valence-electron chi connectivity index (χ4n) is 1.34. The first kappa shape index (κ1) is 6.51. The second-order valence-electron chi connectivity index (χ2n) is 3.12. The molecule has 3 heteroatoms. The second-order valence-corrected chi connectivity index (χ2v) is 3.12. The SMILES string of the molecule is [2H]C1([2H])CO[C@H](c2cc(C)ccn2)CN1. The number of nitrogens with zero attached hydrogens (tertiary/aromatic N) is 1. The van der Waals surface area contributed by atoms with Gasteiger partial charge in [-0.3, -0.25) is 4.98 Å². The van der Waals surface area contributed by atoms with Crippen molar-refractivity contribution >= 4 is 0 Å². The smallest absolute Gasteiger partial charge is 0.112 e. The Kier molecular flexibility index (Phi) is 1.93. The molecule has 0 spiro atoms. The molecule has 0 saturated carbocycles. The summed E-state index contributed by atoms with van der Waals surface area (Å²) in [6.45, 7) is 1.11. The van der Waals surface area contributed by atoms with Crippen molar-refractivity contribution in [2.45, 2.75) is 13.0 Å². The molecule has 3 nitrogen and oxygen atoms in total. The maximum Gasteiger partial charge on any atom is 0.112 e. The van der Waals surface area contributed by atoms with E-state index in [-0.39, 0.29) is 12.7 Å². The van der Waals surface area contributed by atoms with E-state index in [0.29, 0.717) is 6.54 Å². The van der Waals surface area contributed by atoms with Crippen LogP contribution in [0, 0.1) is 6.92 Å². The molecule has 0 radical (unpaired) electrons. The third-order valence-electron chi connectivity index (χ3n) is 2.04. The van der Waals surface area contributed by atoms with Crippen molar-refractivity contribution in [1.29, 1.82) is 0 Å². The molecular formula is C10H14N2O. The number of nitrogens with one attached hydrogen (secondary N) is 1. The molecule has 0 unspecified atom stereocenters. The van der Waals surface area contributed by atoms with Crippen LogP contribution in [0.3, 0.4) is 0 Å². The summed E-state index contributed by atoms with van der Waals surface area (Å²) >= 11 is 0. The van der Waals surface area contributed by atoms with Crippen molar-refractivity contribution in [2.75, 3.05) is 19.6 Å². The summed E-state index contributed by atoms with van der Waals surface area (Å²) in [6, 6.07) is 3.90. The molecule has 2 heterocycles. The number of pyridine rings is 1. The van der Waals surface area contributed by atoms with Gasteiger partial charge in [-0.15, -0.1) is 0 Å². The molecule has 1 aromatic heterocycles. The van der Waals surface area contributed by atoms with E-state index in [0.717, 1.165) is 11.3 Å². The largest absolute Gasteiger partial charge is 0.369 e. The summed E-state index contributed by atoms with van der Waals surface area (Å²) in [4.78, 5) is 4.22. The number of aromatic nitrogens is 1. The highest BCUT2D eigenvalue weighted by atomic mass is 16.5. The van der Waals surface area contributed by atoms with Gasteiger partial charge < -0.3 is 10.1 Å². The van der Waals surface area contributed by atoms with E-state index >= 15 is 0 Å². The minimum Gasteiger partial charge on any atom is -0.369 e. The van der Waals surface area contributed by atoms with Crippen LogP contribution in [-0.4, -0.2) is 24.6 Å². The van der Waals surface area contributed by atoms with Gasteiger partial charge in [0.1, 0.15) is 6.10 Å². The van der Waals surface area contributed by atoms with Crippen LogP contribution >= 0.6 is 0 Å². The van der Waals surface area contributed by atoms with Gasteiger partial charge in [-0.25, -0.2) is 0 Å². The molecule has 1 fully saturated rings. The van der Waals surface area contributed by atoms with Crippen LogP contribution in [0.15, 0.2) is 18.3 Å². The minimum absolute atomic E-state index is 0.0628. The Labute approximate surface area is 80.9 Å². The maximum atomic E-state index is 7.43. The number of ether oxygens (including phenoxy) is 1. The van der Waals surface area contributed by atoms with E-state index in [2.05, 4.69) is 10.3 Å². The normalized spacial score (nSPS) is 29.2. The molecule has 1 saturated heterocycles. The number of hydrogen-bond donors (Lipinski definition) is 1. The Morgan fingerprint density at radius 2 is 2.69 bits per heavy atom. The molecule has 2 rings (SSSR count). The predicted octanol–water partition coefficient (Wildman–Crippen LogP) is 1.05. The van der Waals surface area contributed by atoms with Crippen molar-refractivity contribution in [2.24, 2.45) is 0 Å². The van der Waals surface area contributed by atoms with Gasteiger partial charge in [0.15, 0.2) is 0 Å². The zero-order valence-electron chi connectivity index (χ0n) is 9.58. The predicted molar refractivity (Wildman–Crippen MR) is 50.5 cm³/mol. The van der Waals surface area contributed by atoms with E-state index in [1.54, 1.807) is 6.20 Å². The average Bonchev–Trinajstić information content (AvgIpc) is 2.17. The second kappa shape index (κ2) is 3.85. The Bertz CT molecular complexity index is 347. The monoisotopic (exact) mass is 180 g/mol. The van der Waals surface area contributed by atoms with E-state index in [1.807, 2.05) is 19.1 Å². The third-order valence-corrected chi connectivity index (χ3v) is 2.04. The average molecular weight is 180 g/mol. The van der Waals surface area contributed by atoms with Crippen molar-refractivity contribution in [3.05, 3.63) is 29.6 Å². The van der Waals surface area contributed by atoms with Crippen LogP contribution in [-0.2, 0) is 4.74 Å². The highest BCUT2D eigenvalue weighted by Gasteiger charge is 2.16. The van der Waals surface area contributed by atoms with Crippen molar-refractivity contribution in [3.63, 3.8) is 0 Å². The molecule has 0 amide bonds. The molecule has 1 atom stereocenters. The van der Waals surface area contributed by atoms with Gasteiger partial charge in [0, 0.05) is 22.0 Å². The highest BCUT2D eigenvalue weighted by molar-refractivity contribution is 5.16. The van der Waals surface area contributed by atoms with E-state index in [4.69, 9.17) is 7.48 Å². The molecule has 1 aliphatic heterocycles. The van der Waals surface area contributed by atoms with Gasteiger partial charge in [-0.05, 0) is 24.6 Å². The minimum atomic E-state index is -1.42. The van der Waals surface area contributed by atoms with Gasteiger partial charge in [-0.1, -0.05) is 0 Å². The summed E-state index contributed by atoms with van der Waals surface area (Å²) in [5.74, 6) is 0. The van der Waals surface area contributed by atoms with Crippen molar-refractivity contribution in [3.8, 4) is 0 Å². The summed E-state index contributed by atoms with van der Waals surface area (Å²) < 4.78 is 20.3. The lowest BCUT2D eigenvalue weighted by Gasteiger charge is -2.23. The lowest BCUT2D eigenvalue weighted by Crippen LogP contribution is -2.33. The first-order valence-corrected chi connectivity index (χ1v) is 4.36. The standard InChI is InChI=1S/C10H14N2O/c1-8-2-3-12-9(6-8)10-7-11-4-5-13-10/h2-3,6,10-11H,4-5,7H2,1H3/t10-/m0/s1/i4D2. The summed E-state index contributed by atoms with van der Waals surface area (Å²) in [5.41, 5.74) is 2.00. The highest BCUT2D eigenvalue weighted by Crippen LogP contribution is 2.16. The maximum absolute atomic E-state index is 7.43. The first-order chi connectivity index (χ1) is 7.07. The summed E-state index contributed by atoms with van der Waals surface area (Å²) in [6.07, 6.45) is 1.60. The van der Waals surface area contributed by atoms with Gasteiger partial charge in [0.2, 0.25) is 0 Å². The van der Waals surface area contributed by atoms with Crippen LogP contribution < -0.4 is 5.32 Å². The summed E-state index contributed by atoms with van der Waals surface area (Å²) in [5, 5.41) is 2.79. The van der Waals surface area contributed by atoms with Crippen molar-refractivity contribution in [1.82, 2.24) is 10.3 Å². The van der Waals surface area contributed by atoms with Gasteiger partial charge in [-0.2, -0.15) is 0 Å². The zero-order chi connectivity index (χ0) is 10.9. The van der Waals surface area contributed by atoms with Crippen LogP contribution in [0.25, 0.3) is 0 Å². The van der Waals surface area contributed by atoms with Gasteiger partial charge in [0.25, 0.3) is 0 Å². The third kappa shape index (κ3) is 2.05. The molecule has 1 N–H and O–H groups in total. The number of morpholine rings is 1. The Morgan fingerprint density at radius 3 is 3.38 bits per heavy atom. The Balaban J connectivity index is 2.08. The molecule has 0 aliphatic carbocycles. The molecule has 0 aromatic carbocycles. The fraction of sp³-hybridized carbons (Fsp3) is 0.500. The molecular weight excluding hydrogens is 164 g/mol. The first-order valence-electron chi connectivity index (χ1n) is 5.36. The zero-order valence-corrected chi connectivity index (χ0v) is 7.58. The molecule has 0 bridgehead atoms. The lowest BCUT2D eigenvalue weighted by atomic mass is 10.1. The topological polar surface area (TPSA) is 34.1 Å². The summed E-state index contributed by atoms with van der Waals surface area (Å²) in [7, 11) is 0. The Hall–Kier alpha value is -0.930. The Morgan fingerprint density at radius 1 is 1.77 bits per heavy atom. The molecule has 70 valence electrons. The quantitative estimate of drug-likeness (QED) is 0.701. The molecule has 1 aliphatic rings. The molecule has 13 heavy (non-hydrogen) atoms. The van der Waals surface area contributed by atoms with E-state index in [9.17, 15) is 0 Å². The van der Waals surface area contributed by atoms with Crippen LogP contribution in [0.4, 0.5) is 0 Å². The van der Waals surface area contributed by atoms with Gasteiger partial charge >= 0.3 is 0 Å². The van der Waals surface area contributed by atoms with E-state index in [1.165, 1.54) is 0 Å². The van der Waals surface area contributed by atoms with Crippen molar-refractivity contribution < 1.29 is 7.48 Å². The van der Waals surface area contributed by atoms with E-state index < -0.39 is 6.50 Å². The van der Waals surface area contributed by atoms with Crippen LogP contribution in [0.2, 0.25) is 0 Å². The lowest BCUT2D eigenvalue weighted by molar-refractivity contribution is 0.0250. The van der Waals surface area contributed by atoms with Gasteiger partial charge in [0.05, 0.1) is 12.3 Å².